The third-order valence-electron chi connectivity index (χ3n) is 3.91. The van der Waals surface area contributed by atoms with Crippen LogP contribution >= 0.6 is 0 Å². The Morgan fingerprint density at radius 1 is 1.32 bits per heavy atom. The van der Waals surface area contributed by atoms with Gasteiger partial charge in [0.25, 0.3) is 0 Å². The predicted molar refractivity (Wildman–Crippen MR) is 71.4 cm³/mol. The number of ether oxygens (including phenoxy) is 1. The summed E-state index contributed by atoms with van der Waals surface area (Å²) in [4.78, 5) is 0. The summed E-state index contributed by atoms with van der Waals surface area (Å²) < 4.78 is 28.8. The summed E-state index contributed by atoms with van der Waals surface area (Å²) in [5.74, 6) is 0.906. The zero-order valence-corrected chi connectivity index (χ0v) is 11.4. The molecule has 3 atom stereocenters. The summed E-state index contributed by atoms with van der Waals surface area (Å²) in [7, 11) is 0. The number of hydrogen-bond donors (Lipinski definition) is 1. The summed E-state index contributed by atoms with van der Waals surface area (Å²) in [6.07, 6.45) is 3.72. The van der Waals surface area contributed by atoms with E-state index < -0.39 is 6.61 Å². The lowest BCUT2D eigenvalue weighted by Gasteiger charge is -2.23. The number of benzene rings is 1. The van der Waals surface area contributed by atoms with Gasteiger partial charge in [0.1, 0.15) is 5.75 Å². The molecular formula is C15H21F2NO. The second-order valence-corrected chi connectivity index (χ2v) is 5.35. The summed E-state index contributed by atoms with van der Waals surface area (Å²) in [5.41, 5.74) is 0.984. The van der Waals surface area contributed by atoms with Crippen molar-refractivity contribution < 1.29 is 13.5 Å². The quantitative estimate of drug-likeness (QED) is 0.868. The molecule has 0 aliphatic heterocycles. The Morgan fingerprint density at radius 3 is 2.74 bits per heavy atom. The zero-order valence-electron chi connectivity index (χ0n) is 11.4. The first-order chi connectivity index (χ1) is 9.06. The minimum Gasteiger partial charge on any atom is -0.435 e. The van der Waals surface area contributed by atoms with Gasteiger partial charge < -0.3 is 10.1 Å². The molecule has 1 aliphatic carbocycles. The fraction of sp³-hybridized carbons (Fsp3) is 0.600. The Balaban J connectivity index is 2.00. The highest BCUT2D eigenvalue weighted by Crippen LogP contribution is 2.28. The molecule has 0 bridgehead atoms. The Bertz CT molecular complexity index is 411. The number of alkyl halides is 2. The van der Waals surface area contributed by atoms with Gasteiger partial charge in [-0.15, -0.1) is 0 Å². The summed E-state index contributed by atoms with van der Waals surface area (Å²) in [5, 5.41) is 3.58. The van der Waals surface area contributed by atoms with E-state index in [1.54, 1.807) is 18.2 Å². The Morgan fingerprint density at radius 2 is 2.11 bits per heavy atom. The van der Waals surface area contributed by atoms with Crippen molar-refractivity contribution in [2.75, 3.05) is 0 Å². The second kappa shape index (κ2) is 6.33. The van der Waals surface area contributed by atoms with E-state index in [4.69, 9.17) is 0 Å². The van der Waals surface area contributed by atoms with E-state index in [0.29, 0.717) is 12.0 Å². The topological polar surface area (TPSA) is 21.3 Å². The molecule has 106 valence electrons. The molecule has 0 radical (unpaired) electrons. The van der Waals surface area contributed by atoms with Crippen molar-refractivity contribution in [1.29, 1.82) is 0 Å². The SMILES string of the molecule is CC(NC1CCCC1C)c1cccc(OC(F)F)c1. The number of hydrogen-bond acceptors (Lipinski definition) is 2. The maximum Gasteiger partial charge on any atom is 0.387 e. The van der Waals surface area contributed by atoms with Crippen LogP contribution in [0.4, 0.5) is 8.78 Å². The largest absolute Gasteiger partial charge is 0.435 e. The number of rotatable bonds is 5. The first-order valence-electron chi connectivity index (χ1n) is 6.87. The van der Waals surface area contributed by atoms with Gasteiger partial charge in [0.15, 0.2) is 0 Å². The minimum absolute atomic E-state index is 0.145. The van der Waals surface area contributed by atoms with E-state index in [1.807, 2.05) is 6.07 Å². The molecule has 1 N–H and O–H groups in total. The summed E-state index contributed by atoms with van der Waals surface area (Å²) in [6, 6.07) is 7.60. The highest BCUT2D eigenvalue weighted by molar-refractivity contribution is 5.30. The molecule has 19 heavy (non-hydrogen) atoms. The molecule has 2 rings (SSSR count). The first kappa shape index (κ1) is 14.3. The van der Waals surface area contributed by atoms with Crippen molar-refractivity contribution in [2.24, 2.45) is 5.92 Å². The number of nitrogens with one attached hydrogen (secondary N) is 1. The molecule has 2 nitrogen and oxygen atoms in total. The fourth-order valence-corrected chi connectivity index (χ4v) is 2.77. The van der Waals surface area contributed by atoms with E-state index in [2.05, 4.69) is 23.9 Å². The summed E-state index contributed by atoms with van der Waals surface area (Å²) >= 11 is 0. The van der Waals surface area contributed by atoms with Crippen LogP contribution in [0.25, 0.3) is 0 Å². The average molecular weight is 269 g/mol. The molecule has 0 amide bonds. The smallest absolute Gasteiger partial charge is 0.387 e. The van der Waals surface area contributed by atoms with Crippen LogP contribution < -0.4 is 10.1 Å². The molecule has 1 saturated carbocycles. The van der Waals surface area contributed by atoms with Gasteiger partial charge >= 0.3 is 6.61 Å². The van der Waals surface area contributed by atoms with Crippen molar-refractivity contribution in [3.63, 3.8) is 0 Å². The van der Waals surface area contributed by atoms with Gasteiger partial charge in [-0.25, -0.2) is 0 Å². The molecule has 1 aliphatic rings. The molecule has 1 aromatic rings. The van der Waals surface area contributed by atoms with Gasteiger partial charge in [0.2, 0.25) is 0 Å². The van der Waals surface area contributed by atoms with Crippen LogP contribution in [0.15, 0.2) is 24.3 Å². The highest BCUT2D eigenvalue weighted by Gasteiger charge is 2.24. The minimum atomic E-state index is -2.77. The van der Waals surface area contributed by atoms with E-state index in [-0.39, 0.29) is 11.8 Å². The second-order valence-electron chi connectivity index (χ2n) is 5.35. The first-order valence-corrected chi connectivity index (χ1v) is 6.87. The van der Waals surface area contributed by atoms with Gasteiger partial charge in [-0.3, -0.25) is 0 Å². The van der Waals surface area contributed by atoms with Crippen LogP contribution in [-0.4, -0.2) is 12.7 Å². The van der Waals surface area contributed by atoms with Crippen LogP contribution in [0.3, 0.4) is 0 Å². The molecule has 0 spiro atoms. The molecule has 1 aromatic carbocycles. The van der Waals surface area contributed by atoms with Gasteiger partial charge in [0.05, 0.1) is 0 Å². The van der Waals surface area contributed by atoms with Crippen molar-refractivity contribution in [1.82, 2.24) is 5.32 Å². The van der Waals surface area contributed by atoms with Gasteiger partial charge in [-0.05, 0) is 43.4 Å². The third-order valence-corrected chi connectivity index (χ3v) is 3.91. The van der Waals surface area contributed by atoms with E-state index in [9.17, 15) is 8.78 Å². The number of halogens is 2. The van der Waals surface area contributed by atoms with Crippen LogP contribution in [0.5, 0.6) is 5.75 Å². The van der Waals surface area contributed by atoms with Crippen LogP contribution in [0.1, 0.15) is 44.7 Å². The van der Waals surface area contributed by atoms with E-state index >= 15 is 0 Å². The van der Waals surface area contributed by atoms with E-state index in [0.717, 1.165) is 5.56 Å². The molecule has 0 saturated heterocycles. The fourth-order valence-electron chi connectivity index (χ4n) is 2.77. The Hall–Kier alpha value is -1.16. The highest BCUT2D eigenvalue weighted by atomic mass is 19.3. The van der Waals surface area contributed by atoms with Crippen molar-refractivity contribution in [3.8, 4) is 5.75 Å². The lowest BCUT2D eigenvalue weighted by Crippen LogP contribution is -2.33. The van der Waals surface area contributed by atoms with Crippen LogP contribution in [-0.2, 0) is 0 Å². The van der Waals surface area contributed by atoms with Crippen molar-refractivity contribution >= 4 is 0 Å². The van der Waals surface area contributed by atoms with Crippen LogP contribution in [0.2, 0.25) is 0 Å². The van der Waals surface area contributed by atoms with E-state index in [1.165, 1.54) is 19.3 Å². The molecule has 1 fully saturated rings. The third kappa shape index (κ3) is 3.90. The van der Waals surface area contributed by atoms with Crippen molar-refractivity contribution in [2.45, 2.75) is 51.8 Å². The lowest BCUT2D eigenvalue weighted by atomic mass is 10.0. The average Bonchev–Trinajstić information content (AvgIpc) is 2.74. The van der Waals surface area contributed by atoms with Crippen LogP contribution in [0, 0.1) is 5.92 Å². The Labute approximate surface area is 113 Å². The molecular weight excluding hydrogens is 248 g/mol. The lowest BCUT2D eigenvalue weighted by molar-refractivity contribution is -0.0499. The molecule has 0 aromatic heterocycles. The van der Waals surface area contributed by atoms with Crippen molar-refractivity contribution in [3.05, 3.63) is 29.8 Å². The predicted octanol–water partition coefficient (Wildman–Crippen LogP) is 4.13. The molecule has 3 unspecified atom stereocenters. The summed E-state index contributed by atoms with van der Waals surface area (Å²) in [6.45, 7) is 1.55. The Kier molecular flexibility index (Phi) is 4.75. The maximum absolute atomic E-state index is 12.2. The van der Waals surface area contributed by atoms with Gasteiger partial charge in [-0.1, -0.05) is 25.5 Å². The van der Waals surface area contributed by atoms with Gasteiger partial charge in [0, 0.05) is 12.1 Å². The monoisotopic (exact) mass is 269 g/mol. The molecule has 0 heterocycles. The normalized spacial score (nSPS) is 24.7. The zero-order chi connectivity index (χ0) is 13.8. The van der Waals surface area contributed by atoms with Gasteiger partial charge in [-0.2, -0.15) is 8.78 Å². The standard InChI is InChI=1S/C15H21F2NO/c1-10-5-3-8-14(10)18-11(2)12-6-4-7-13(9-12)19-15(16)17/h4,6-7,9-11,14-15,18H,3,5,8H2,1-2H3. The molecule has 4 heteroatoms. The maximum atomic E-state index is 12.2.